The quantitative estimate of drug-likeness (QED) is 0.427. The van der Waals surface area contributed by atoms with Gasteiger partial charge in [0.2, 0.25) is 0 Å². The van der Waals surface area contributed by atoms with Crippen molar-refractivity contribution < 1.29 is 13.2 Å². The van der Waals surface area contributed by atoms with Crippen molar-refractivity contribution in [2.75, 3.05) is 4.72 Å². The number of rotatable bonds is 6. The van der Waals surface area contributed by atoms with Gasteiger partial charge in [0.05, 0.1) is 22.0 Å². The molecule has 3 aromatic rings. The van der Waals surface area contributed by atoms with E-state index >= 15 is 0 Å². The summed E-state index contributed by atoms with van der Waals surface area (Å²) in [6.45, 7) is 5.52. The number of carbonyl (C=O) groups is 1. The summed E-state index contributed by atoms with van der Waals surface area (Å²) < 4.78 is 28.1. The second-order valence-electron chi connectivity index (χ2n) is 6.67. The molecule has 0 saturated heterocycles. The van der Waals surface area contributed by atoms with Gasteiger partial charge in [0.25, 0.3) is 15.9 Å². The molecule has 3 N–H and O–H groups in total. The first-order valence-electron chi connectivity index (χ1n) is 8.95. The minimum atomic E-state index is -3.84. The zero-order chi connectivity index (χ0) is 21.0. The van der Waals surface area contributed by atoms with Gasteiger partial charge in [-0.3, -0.25) is 9.52 Å². The van der Waals surface area contributed by atoms with Crippen molar-refractivity contribution >= 4 is 27.3 Å². The maximum Gasteiger partial charge on any atom is 0.271 e. The molecule has 0 atom stereocenters. The Hall–Kier alpha value is -3.39. The smallest absolute Gasteiger partial charge is 0.271 e. The summed E-state index contributed by atoms with van der Waals surface area (Å²) in [5, 5.41) is 4.04. The van der Waals surface area contributed by atoms with Crippen molar-refractivity contribution in [3.05, 3.63) is 83.2 Å². The zero-order valence-corrected chi connectivity index (χ0v) is 17.2. The van der Waals surface area contributed by atoms with Crippen molar-refractivity contribution in [2.45, 2.75) is 25.7 Å². The van der Waals surface area contributed by atoms with E-state index in [2.05, 4.69) is 20.2 Å². The van der Waals surface area contributed by atoms with Gasteiger partial charge in [0, 0.05) is 11.8 Å². The normalized spacial score (nSPS) is 11.9. The maximum absolute atomic E-state index is 12.8. The van der Waals surface area contributed by atoms with Crippen LogP contribution in [0.1, 0.15) is 34.1 Å². The van der Waals surface area contributed by atoms with E-state index in [9.17, 15) is 13.2 Å². The Balaban J connectivity index is 1.79. The van der Waals surface area contributed by atoms with Crippen LogP contribution in [-0.4, -0.2) is 25.0 Å². The standard InChI is InChI=1S/C21H22N4O3S/c1-14-9-10-19(15(2)12-14)25-29(27,28)18-7-4-6-17(13-18)21(26)24-23-16(3)20-8-5-11-22-20/h4-13,22,25H,1-3H3,(H,24,26)/b23-16+. The van der Waals surface area contributed by atoms with Crippen molar-refractivity contribution in [1.82, 2.24) is 10.4 Å². The number of nitrogens with zero attached hydrogens (tertiary/aromatic N) is 1. The third kappa shape index (κ3) is 4.91. The van der Waals surface area contributed by atoms with Crippen molar-refractivity contribution in [1.29, 1.82) is 0 Å². The third-order valence-electron chi connectivity index (χ3n) is 4.35. The molecule has 0 radical (unpaired) electrons. The molecule has 7 nitrogen and oxygen atoms in total. The van der Waals surface area contributed by atoms with Crippen LogP contribution in [0.15, 0.2) is 70.8 Å². The SMILES string of the molecule is C/C(=N\NC(=O)c1cccc(S(=O)(=O)Nc2ccc(C)cc2C)c1)c1ccc[nH]1. The number of amides is 1. The number of aromatic amines is 1. The van der Waals surface area contributed by atoms with Crippen LogP contribution in [0.4, 0.5) is 5.69 Å². The van der Waals surface area contributed by atoms with E-state index in [0.29, 0.717) is 11.4 Å². The van der Waals surface area contributed by atoms with Crippen LogP contribution >= 0.6 is 0 Å². The van der Waals surface area contributed by atoms with Gasteiger partial charge >= 0.3 is 0 Å². The molecule has 1 heterocycles. The Kier molecular flexibility index (Phi) is 5.84. The Bertz CT molecular complexity index is 1170. The molecule has 1 aromatic heterocycles. The number of anilines is 1. The topological polar surface area (TPSA) is 103 Å². The molecular weight excluding hydrogens is 388 g/mol. The van der Waals surface area contributed by atoms with Crippen LogP contribution in [-0.2, 0) is 10.0 Å². The summed E-state index contributed by atoms with van der Waals surface area (Å²) in [5.41, 5.74) is 6.37. The molecule has 0 fully saturated rings. The molecule has 0 saturated carbocycles. The lowest BCUT2D eigenvalue weighted by atomic mass is 10.1. The lowest BCUT2D eigenvalue weighted by Gasteiger charge is -2.12. The molecule has 0 aliphatic heterocycles. The second-order valence-corrected chi connectivity index (χ2v) is 8.36. The summed E-state index contributed by atoms with van der Waals surface area (Å²) >= 11 is 0. The molecule has 2 aromatic carbocycles. The molecule has 29 heavy (non-hydrogen) atoms. The molecule has 0 bridgehead atoms. The summed E-state index contributed by atoms with van der Waals surface area (Å²) in [5.74, 6) is -0.500. The molecule has 0 aliphatic carbocycles. The molecule has 0 unspecified atom stereocenters. The van der Waals surface area contributed by atoms with Gasteiger partial charge in [0.15, 0.2) is 0 Å². The fraction of sp³-hybridized carbons (Fsp3) is 0.143. The van der Waals surface area contributed by atoms with E-state index in [1.54, 1.807) is 19.2 Å². The summed E-state index contributed by atoms with van der Waals surface area (Å²) in [6.07, 6.45) is 1.76. The zero-order valence-electron chi connectivity index (χ0n) is 16.4. The molecule has 0 spiro atoms. The molecule has 3 rings (SSSR count). The molecule has 8 heteroatoms. The van der Waals surface area contributed by atoms with Gasteiger partial charge in [-0.25, -0.2) is 13.8 Å². The van der Waals surface area contributed by atoms with Gasteiger partial charge in [-0.15, -0.1) is 0 Å². The predicted octanol–water partition coefficient (Wildman–Crippen LogP) is 3.59. The average molecular weight is 410 g/mol. The van der Waals surface area contributed by atoms with Gasteiger partial charge in [-0.05, 0) is 62.7 Å². The monoisotopic (exact) mass is 410 g/mol. The van der Waals surface area contributed by atoms with Crippen molar-refractivity contribution in [3.8, 4) is 0 Å². The highest BCUT2D eigenvalue weighted by Crippen LogP contribution is 2.21. The van der Waals surface area contributed by atoms with Gasteiger partial charge in [-0.2, -0.15) is 5.10 Å². The third-order valence-corrected chi connectivity index (χ3v) is 5.71. The first-order valence-corrected chi connectivity index (χ1v) is 10.4. The largest absolute Gasteiger partial charge is 0.360 e. The van der Waals surface area contributed by atoms with E-state index < -0.39 is 15.9 Å². The van der Waals surface area contributed by atoms with Gasteiger partial charge < -0.3 is 4.98 Å². The number of sulfonamides is 1. The minimum Gasteiger partial charge on any atom is -0.360 e. The summed E-state index contributed by atoms with van der Waals surface area (Å²) in [7, 11) is -3.84. The number of hydrogen-bond acceptors (Lipinski definition) is 4. The molecular formula is C21H22N4O3S. The molecule has 1 amide bonds. The Morgan fingerprint density at radius 1 is 1.03 bits per heavy atom. The fourth-order valence-corrected chi connectivity index (χ4v) is 3.93. The second kappa shape index (κ2) is 8.32. The minimum absolute atomic E-state index is 0.00445. The summed E-state index contributed by atoms with van der Waals surface area (Å²) in [6, 6.07) is 14.9. The number of H-pyrrole nitrogens is 1. The Morgan fingerprint density at radius 3 is 2.52 bits per heavy atom. The first kappa shape index (κ1) is 20.3. The lowest BCUT2D eigenvalue weighted by Crippen LogP contribution is -2.20. The highest BCUT2D eigenvalue weighted by molar-refractivity contribution is 7.92. The highest BCUT2D eigenvalue weighted by Gasteiger charge is 2.17. The number of hydrazone groups is 1. The number of benzene rings is 2. The van der Waals surface area contributed by atoms with Crippen LogP contribution in [0.2, 0.25) is 0 Å². The number of carbonyl (C=O) groups excluding carboxylic acids is 1. The Morgan fingerprint density at radius 2 is 1.83 bits per heavy atom. The predicted molar refractivity (Wildman–Crippen MR) is 114 cm³/mol. The summed E-state index contributed by atoms with van der Waals surface area (Å²) in [4.78, 5) is 15.4. The Labute approximate surface area is 169 Å². The van der Waals surface area contributed by atoms with Crippen LogP contribution in [0.5, 0.6) is 0 Å². The van der Waals surface area contributed by atoms with Gasteiger partial charge in [-0.1, -0.05) is 23.8 Å². The van der Waals surface area contributed by atoms with Gasteiger partial charge in [0.1, 0.15) is 0 Å². The number of hydrogen-bond donors (Lipinski definition) is 3. The van der Waals surface area contributed by atoms with E-state index in [0.717, 1.165) is 16.8 Å². The molecule has 0 aliphatic rings. The van der Waals surface area contributed by atoms with Crippen LogP contribution in [0.3, 0.4) is 0 Å². The van der Waals surface area contributed by atoms with E-state index in [1.165, 1.54) is 24.3 Å². The lowest BCUT2D eigenvalue weighted by molar-refractivity contribution is 0.0954. The number of aromatic nitrogens is 1. The maximum atomic E-state index is 12.8. The van der Waals surface area contributed by atoms with E-state index in [4.69, 9.17) is 0 Å². The average Bonchev–Trinajstić information content (AvgIpc) is 3.23. The number of aryl methyl sites for hydroxylation is 2. The number of nitrogens with one attached hydrogen (secondary N) is 3. The van der Waals surface area contributed by atoms with Crippen LogP contribution in [0, 0.1) is 13.8 Å². The van der Waals surface area contributed by atoms with Crippen molar-refractivity contribution in [2.24, 2.45) is 5.10 Å². The van der Waals surface area contributed by atoms with Crippen LogP contribution in [0.25, 0.3) is 0 Å². The first-order chi connectivity index (χ1) is 13.8. The van der Waals surface area contributed by atoms with E-state index in [1.807, 2.05) is 38.1 Å². The fourth-order valence-electron chi connectivity index (χ4n) is 2.75. The van der Waals surface area contributed by atoms with Crippen LogP contribution < -0.4 is 10.1 Å². The molecule has 150 valence electrons. The highest BCUT2D eigenvalue weighted by atomic mass is 32.2. The van der Waals surface area contributed by atoms with Crippen molar-refractivity contribution in [3.63, 3.8) is 0 Å². The van der Waals surface area contributed by atoms with E-state index in [-0.39, 0.29) is 10.5 Å².